The zero-order valence-corrected chi connectivity index (χ0v) is 39.2. The van der Waals surface area contributed by atoms with E-state index >= 15 is 0 Å². The van der Waals surface area contributed by atoms with E-state index in [0.717, 1.165) is 12.4 Å². The molecule has 0 amide bonds. The predicted octanol–water partition coefficient (Wildman–Crippen LogP) is 15.1. The Hall–Kier alpha value is -6.61. The van der Waals surface area contributed by atoms with Crippen molar-refractivity contribution in [2.75, 3.05) is 5.52 Å². The number of pyridine rings is 1. The summed E-state index contributed by atoms with van der Waals surface area (Å²) in [5, 5.41) is 1.21. The molecular weight excluding hydrogens is 1170 g/mol. The van der Waals surface area contributed by atoms with Crippen LogP contribution in [0.4, 0.5) is 105 Å². The van der Waals surface area contributed by atoms with E-state index in [9.17, 15) is 105 Å². The van der Waals surface area contributed by atoms with Crippen molar-refractivity contribution in [3.63, 3.8) is 0 Å². The van der Waals surface area contributed by atoms with Gasteiger partial charge in [-0.05, 0) is 52.3 Å². The summed E-state index contributed by atoms with van der Waals surface area (Å²) >= 11 is 3.33. The van der Waals surface area contributed by atoms with Crippen LogP contribution in [0.15, 0.2) is 140 Å². The van der Waals surface area contributed by atoms with E-state index in [4.69, 9.17) is 4.74 Å². The van der Waals surface area contributed by atoms with Gasteiger partial charge in [0.05, 0.1) is 50.6 Å². The summed E-state index contributed by atoms with van der Waals surface area (Å²) < 4.78 is 349. The summed E-state index contributed by atoms with van der Waals surface area (Å²) in [5.74, 6) is 0.865. The van der Waals surface area contributed by atoms with Gasteiger partial charge in [-0.15, -0.1) is 0 Å². The Balaban J connectivity index is 0.000000397. The summed E-state index contributed by atoms with van der Waals surface area (Å²) in [7, 11) is 0. The molecule has 0 atom stereocenters. The van der Waals surface area contributed by atoms with Crippen LogP contribution in [0.1, 0.15) is 50.1 Å². The van der Waals surface area contributed by atoms with Gasteiger partial charge < -0.3 is 4.74 Å². The van der Waals surface area contributed by atoms with Crippen LogP contribution in [0.3, 0.4) is 0 Å². The van der Waals surface area contributed by atoms with E-state index < -0.39 is 195 Å². The molecule has 0 radical (unpaired) electrons. The van der Waals surface area contributed by atoms with Crippen molar-refractivity contribution in [3.05, 3.63) is 190 Å². The minimum Gasteiger partial charge on any atom is -0.433 e. The number of hydrogen-bond acceptors (Lipinski definition) is 1. The number of para-hydroxylation sites is 1. The zero-order valence-electron chi connectivity index (χ0n) is 37.6. The minimum atomic E-state index is -6.13. The molecule has 0 aliphatic carbocycles. The number of rotatable bonds is 8. The first kappa shape index (κ1) is 59.6. The maximum Gasteiger partial charge on any atom is 0.416 e. The van der Waals surface area contributed by atoms with Crippen LogP contribution in [0.5, 0.6) is 5.88 Å². The largest absolute Gasteiger partial charge is 0.433 e. The summed E-state index contributed by atoms with van der Waals surface area (Å²) in [6, 6.07) is 14.1. The average Bonchev–Trinajstić information content (AvgIpc) is 3.30. The molecule has 0 unspecified atom stereocenters. The molecule has 7 aromatic rings. The van der Waals surface area contributed by atoms with Gasteiger partial charge in [0.25, 0.3) is 0 Å². The first-order valence-corrected chi connectivity index (χ1v) is 22.3. The van der Waals surface area contributed by atoms with Crippen LogP contribution >= 0.6 is 15.9 Å². The van der Waals surface area contributed by atoms with Crippen LogP contribution in [0.25, 0.3) is 10.9 Å². The second kappa shape index (κ2) is 21.0. The smallest absolute Gasteiger partial charge is 0.416 e. The first-order valence-electron chi connectivity index (χ1n) is 21.1. The zero-order chi connectivity index (χ0) is 57.7. The van der Waals surface area contributed by atoms with Gasteiger partial charge in [-0.1, -0.05) is 91.0 Å². The van der Waals surface area contributed by atoms with Crippen LogP contribution in [-0.2, 0) is 56.0 Å². The van der Waals surface area contributed by atoms with Crippen LogP contribution in [0.2, 0.25) is 0 Å². The highest BCUT2D eigenvalue weighted by Crippen LogP contribution is 2.41. The van der Waals surface area contributed by atoms with Crippen molar-refractivity contribution >= 4 is 54.8 Å². The molecule has 412 valence electrons. The topological polar surface area (TPSA) is 13.1 Å². The predicted molar refractivity (Wildman–Crippen MR) is 234 cm³/mol. The van der Waals surface area contributed by atoms with Crippen molar-refractivity contribution in [1.82, 2.24) is 0 Å². The molecule has 0 saturated heterocycles. The van der Waals surface area contributed by atoms with Gasteiger partial charge in [-0.3, -0.25) is 0 Å². The molecule has 0 fully saturated rings. The lowest BCUT2D eigenvalue weighted by Gasteiger charge is -2.46. The Morgan fingerprint density at radius 1 is 0.338 bits per heavy atom. The van der Waals surface area contributed by atoms with Crippen LogP contribution in [0, 0.1) is 0 Å². The second-order valence-electron chi connectivity index (χ2n) is 16.8. The van der Waals surface area contributed by atoms with Crippen molar-refractivity contribution in [2.45, 2.75) is 56.0 Å². The highest BCUT2D eigenvalue weighted by atomic mass is 79.9. The molecule has 0 saturated carbocycles. The highest BCUT2D eigenvalue weighted by molar-refractivity contribution is 9.09. The summed E-state index contributed by atoms with van der Waals surface area (Å²) in [4.78, 5) is 0. The lowest BCUT2D eigenvalue weighted by Crippen LogP contribution is -2.75. The molecule has 0 aliphatic rings. The number of ether oxygens (including phenoxy) is 1. The summed E-state index contributed by atoms with van der Waals surface area (Å²) in [6.07, 6.45) is -54.8. The third kappa shape index (κ3) is 13.6. The second-order valence-corrected chi connectivity index (χ2v) is 17.2. The summed E-state index contributed by atoms with van der Waals surface area (Å²) in [5.41, 5.74) is -27.3. The molecule has 1 heterocycles. The van der Waals surface area contributed by atoms with E-state index in [1.807, 2.05) is 12.1 Å². The Bertz CT molecular complexity index is 2810. The Morgan fingerprint density at radius 3 is 0.883 bits per heavy atom. The van der Waals surface area contributed by atoms with Crippen molar-refractivity contribution in [1.29, 1.82) is 0 Å². The highest BCUT2D eigenvalue weighted by Gasteiger charge is 2.47. The quantitative estimate of drug-likeness (QED) is 0.0640. The van der Waals surface area contributed by atoms with E-state index in [1.54, 1.807) is 0 Å². The van der Waals surface area contributed by atoms with E-state index in [2.05, 4.69) is 75.1 Å². The minimum absolute atomic E-state index is 0.486. The normalized spacial score (nSPS) is 13.4. The van der Waals surface area contributed by atoms with Gasteiger partial charge >= 0.3 is 55.3 Å². The molecule has 28 heteroatoms. The molecule has 7 rings (SSSR count). The molecule has 2 nitrogen and oxygen atoms in total. The molecule has 0 bridgehead atoms. The molecule has 77 heavy (non-hydrogen) atoms. The number of fused-ring (bicyclic) bond motifs is 1. The van der Waals surface area contributed by atoms with Crippen molar-refractivity contribution in [3.8, 4) is 5.88 Å². The average molecular weight is 1190 g/mol. The molecule has 0 N–H and O–H groups in total. The Morgan fingerprint density at radius 2 is 0.610 bits per heavy atom. The maximum atomic E-state index is 14.2. The monoisotopic (exact) mass is 1190 g/mol. The van der Waals surface area contributed by atoms with Gasteiger partial charge in [0.1, 0.15) is 11.7 Å². The van der Waals surface area contributed by atoms with E-state index in [1.165, 1.54) is 16.5 Å². The lowest BCUT2D eigenvalue weighted by atomic mass is 9.12. The SMILES string of the molecule is BrCOc1ccc2ccccc2[n+]1Cc1ccccc1.FC(F)(F)c1cc([B-](c2cc(C(F)(F)F)cc(C(F)(F)F)c2)(c2cc(C(F)(F)F)cc(C(F)(F)F)c2)c2cc(C(F)(F)F)cc(C(F)(F)F)c2)cc(C(F)(F)F)c1. The number of aromatic nitrogens is 1. The fraction of sp³-hybridized carbons (Fsp3) is 0.204. The fourth-order valence-corrected chi connectivity index (χ4v) is 8.66. The van der Waals surface area contributed by atoms with Gasteiger partial charge in [0, 0.05) is 17.0 Å². The molecule has 0 spiro atoms. The van der Waals surface area contributed by atoms with Crippen LogP contribution < -0.4 is 31.2 Å². The first-order chi connectivity index (χ1) is 35.1. The third-order valence-electron chi connectivity index (χ3n) is 11.7. The van der Waals surface area contributed by atoms with Crippen molar-refractivity contribution < 1.29 is 115 Å². The summed E-state index contributed by atoms with van der Waals surface area (Å²) in [6.45, 7) is 0.796. The van der Waals surface area contributed by atoms with Crippen molar-refractivity contribution in [2.24, 2.45) is 0 Å². The van der Waals surface area contributed by atoms with Gasteiger partial charge in [-0.25, -0.2) is 0 Å². The molecule has 0 aliphatic heterocycles. The Kier molecular flexibility index (Phi) is 16.2. The number of halogens is 25. The third-order valence-corrected chi connectivity index (χ3v) is 12.0. The fourth-order valence-electron chi connectivity index (χ4n) is 8.43. The van der Waals surface area contributed by atoms with E-state index in [-0.39, 0.29) is 0 Å². The van der Waals surface area contributed by atoms with Gasteiger partial charge in [0.15, 0.2) is 6.54 Å². The number of benzene rings is 6. The maximum absolute atomic E-state index is 14.2. The molecule has 6 aromatic carbocycles. The van der Waals surface area contributed by atoms with Gasteiger partial charge in [0.2, 0.25) is 5.52 Å². The number of alkyl halides is 25. The van der Waals surface area contributed by atoms with Gasteiger partial charge in [-0.2, -0.15) is 132 Å². The molecular formula is C49H27BBrF24NO. The number of hydrogen-bond donors (Lipinski definition) is 0. The number of nitrogens with zero attached hydrogens (tertiary/aromatic N) is 1. The Labute approximate surface area is 425 Å². The van der Waals surface area contributed by atoms with E-state index in [0.29, 0.717) is 5.52 Å². The standard InChI is InChI=1S/C32H12BF24.C17H15BrNO/c34-25(35,36)13-1-14(26(37,38)39)6-21(5-13)33(22-7-15(27(40,41)42)2-16(8-22)28(43,44)45,23-9-17(29(46,47)48)3-18(10-23)30(49,50)51)24-11-19(31(52,53)54)4-20(12-24)32(55,56)57;18-13-20-17-11-10-15-8-4-5-9-16(15)19(17)12-14-6-2-1-3-7-14/h1-12H;1-11H,12-13H2/q-1;+1. The van der Waals surface area contributed by atoms with Crippen LogP contribution in [-0.4, -0.2) is 11.7 Å². The lowest BCUT2D eigenvalue weighted by molar-refractivity contribution is -0.667. The molecule has 1 aromatic heterocycles.